The van der Waals surface area contributed by atoms with Gasteiger partial charge >= 0.3 is 0 Å². The first-order valence-corrected chi connectivity index (χ1v) is 7.71. The SMILES string of the molecule is CCNCC(C)(C)CCc1ccc(CC(C)C)cc1. The maximum atomic E-state index is 3.46. The Labute approximate surface area is 119 Å². The number of aryl methyl sites for hydroxylation is 1. The molecule has 1 nitrogen and oxygen atoms in total. The first-order chi connectivity index (χ1) is 8.93. The zero-order chi connectivity index (χ0) is 14.3. The fourth-order valence-electron chi connectivity index (χ4n) is 2.35. The third-order valence-corrected chi connectivity index (χ3v) is 3.61. The van der Waals surface area contributed by atoms with Gasteiger partial charge < -0.3 is 5.32 Å². The summed E-state index contributed by atoms with van der Waals surface area (Å²) in [5.74, 6) is 0.741. The van der Waals surface area contributed by atoms with Crippen LogP contribution < -0.4 is 5.32 Å². The highest BCUT2D eigenvalue weighted by atomic mass is 14.9. The summed E-state index contributed by atoms with van der Waals surface area (Å²) < 4.78 is 0. The van der Waals surface area contributed by atoms with E-state index in [9.17, 15) is 0 Å². The molecule has 1 rings (SSSR count). The van der Waals surface area contributed by atoms with Crippen LogP contribution >= 0.6 is 0 Å². The summed E-state index contributed by atoms with van der Waals surface area (Å²) in [6, 6.07) is 9.21. The molecule has 0 amide bonds. The summed E-state index contributed by atoms with van der Waals surface area (Å²) in [5, 5.41) is 3.46. The van der Waals surface area contributed by atoms with E-state index in [0.717, 1.165) is 19.0 Å². The van der Waals surface area contributed by atoms with E-state index in [1.165, 1.54) is 30.4 Å². The molecule has 0 fully saturated rings. The van der Waals surface area contributed by atoms with Gasteiger partial charge in [-0.15, -0.1) is 0 Å². The first kappa shape index (κ1) is 16.2. The van der Waals surface area contributed by atoms with Crippen molar-refractivity contribution in [3.05, 3.63) is 35.4 Å². The molecule has 0 heterocycles. The molecule has 0 aliphatic rings. The van der Waals surface area contributed by atoms with Crippen LogP contribution in [0.3, 0.4) is 0 Å². The third kappa shape index (κ3) is 6.77. The van der Waals surface area contributed by atoms with Gasteiger partial charge in [-0.25, -0.2) is 0 Å². The van der Waals surface area contributed by atoms with E-state index in [4.69, 9.17) is 0 Å². The lowest BCUT2D eigenvalue weighted by Gasteiger charge is -2.24. The summed E-state index contributed by atoms with van der Waals surface area (Å²) in [4.78, 5) is 0. The molecule has 0 unspecified atom stereocenters. The fraction of sp³-hybridized carbons (Fsp3) is 0.667. The molecular weight excluding hydrogens is 230 g/mol. The van der Waals surface area contributed by atoms with Gasteiger partial charge in [0.15, 0.2) is 0 Å². The molecule has 0 aliphatic carbocycles. The van der Waals surface area contributed by atoms with Gasteiger partial charge in [0, 0.05) is 6.54 Å². The van der Waals surface area contributed by atoms with Crippen molar-refractivity contribution in [1.82, 2.24) is 5.32 Å². The minimum atomic E-state index is 0.382. The van der Waals surface area contributed by atoms with Crippen molar-refractivity contribution in [1.29, 1.82) is 0 Å². The van der Waals surface area contributed by atoms with Gasteiger partial charge in [0.25, 0.3) is 0 Å². The van der Waals surface area contributed by atoms with Crippen molar-refractivity contribution in [2.24, 2.45) is 11.3 Å². The van der Waals surface area contributed by atoms with E-state index in [1.807, 2.05) is 0 Å². The Morgan fingerprint density at radius 2 is 1.63 bits per heavy atom. The average Bonchev–Trinajstić information content (AvgIpc) is 2.35. The van der Waals surface area contributed by atoms with Crippen LogP contribution in [0.5, 0.6) is 0 Å². The maximum absolute atomic E-state index is 3.46. The second kappa shape index (κ2) is 7.69. The van der Waals surface area contributed by atoms with Crippen molar-refractivity contribution in [2.75, 3.05) is 13.1 Å². The van der Waals surface area contributed by atoms with Gasteiger partial charge in [0.05, 0.1) is 0 Å². The molecule has 0 saturated carbocycles. The van der Waals surface area contributed by atoms with Crippen LogP contribution in [0, 0.1) is 11.3 Å². The van der Waals surface area contributed by atoms with E-state index in [0.29, 0.717) is 5.41 Å². The van der Waals surface area contributed by atoms with Crippen LogP contribution in [0.1, 0.15) is 52.2 Å². The average molecular weight is 261 g/mol. The van der Waals surface area contributed by atoms with Crippen LogP contribution in [0.2, 0.25) is 0 Å². The Morgan fingerprint density at radius 3 is 2.16 bits per heavy atom. The maximum Gasteiger partial charge on any atom is 0.000251 e. The standard InChI is InChI=1S/C18H31N/c1-6-19-14-18(4,5)12-11-16-7-9-17(10-8-16)13-15(2)3/h7-10,15,19H,6,11-14H2,1-5H3. The first-order valence-electron chi connectivity index (χ1n) is 7.71. The molecule has 0 aliphatic heterocycles. The minimum absolute atomic E-state index is 0.382. The second-order valence-electron chi connectivity index (χ2n) is 6.86. The van der Waals surface area contributed by atoms with Crippen molar-refractivity contribution >= 4 is 0 Å². The van der Waals surface area contributed by atoms with Crippen LogP contribution in [-0.2, 0) is 12.8 Å². The van der Waals surface area contributed by atoms with E-state index >= 15 is 0 Å². The van der Waals surface area contributed by atoms with Crippen molar-refractivity contribution < 1.29 is 0 Å². The van der Waals surface area contributed by atoms with Crippen LogP contribution in [0.15, 0.2) is 24.3 Å². The zero-order valence-electron chi connectivity index (χ0n) is 13.4. The molecule has 19 heavy (non-hydrogen) atoms. The molecule has 0 aromatic heterocycles. The van der Waals surface area contributed by atoms with Crippen molar-refractivity contribution in [3.63, 3.8) is 0 Å². The van der Waals surface area contributed by atoms with E-state index in [-0.39, 0.29) is 0 Å². The highest BCUT2D eigenvalue weighted by molar-refractivity contribution is 5.23. The zero-order valence-corrected chi connectivity index (χ0v) is 13.4. The summed E-state index contributed by atoms with van der Waals surface area (Å²) >= 11 is 0. The van der Waals surface area contributed by atoms with E-state index in [2.05, 4.69) is 64.2 Å². The fourth-order valence-corrected chi connectivity index (χ4v) is 2.35. The van der Waals surface area contributed by atoms with Crippen LogP contribution in [0.4, 0.5) is 0 Å². The lowest BCUT2D eigenvalue weighted by molar-refractivity contribution is 0.318. The largest absolute Gasteiger partial charge is 0.316 e. The van der Waals surface area contributed by atoms with Crippen molar-refractivity contribution in [3.8, 4) is 0 Å². The minimum Gasteiger partial charge on any atom is -0.316 e. The molecule has 1 aromatic carbocycles. The molecular formula is C18H31N. The summed E-state index contributed by atoms with van der Waals surface area (Å²) in [6.45, 7) is 13.6. The lowest BCUT2D eigenvalue weighted by Crippen LogP contribution is -2.29. The Kier molecular flexibility index (Phi) is 6.57. The molecule has 0 saturated heterocycles. The van der Waals surface area contributed by atoms with Gasteiger partial charge in [0.2, 0.25) is 0 Å². The molecule has 0 atom stereocenters. The molecule has 0 radical (unpaired) electrons. The highest BCUT2D eigenvalue weighted by Gasteiger charge is 2.16. The van der Waals surface area contributed by atoms with E-state index < -0.39 is 0 Å². The molecule has 108 valence electrons. The van der Waals surface area contributed by atoms with Gasteiger partial charge in [-0.1, -0.05) is 58.9 Å². The topological polar surface area (TPSA) is 12.0 Å². The summed E-state index contributed by atoms with van der Waals surface area (Å²) in [5.41, 5.74) is 3.31. The molecule has 0 spiro atoms. The third-order valence-electron chi connectivity index (χ3n) is 3.61. The number of hydrogen-bond acceptors (Lipinski definition) is 1. The van der Waals surface area contributed by atoms with E-state index in [1.54, 1.807) is 0 Å². The lowest BCUT2D eigenvalue weighted by atomic mass is 9.86. The summed E-state index contributed by atoms with van der Waals surface area (Å²) in [7, 11) is 0. The molecule has 1 heteroatoms. The number of hydrogen-bond donors (Lipinski definition) is 1. The Morgan fingerprint density at radius 1 is 1.05 bits per heavy atom. The monoisotopic (exact) mass is 261 g/mol. The van der Waals surface area contributed by atoms with Crippen LogP contribution in [0.25, 0.3) is 0 Å². The Hall–Kier alpha value is -0.820. The van der Waals surface area contributed by atoms with Gasteiger partial charge in [-0.2, -0.15) is 0 Å². The van der Waals surface area contributed by atoms with Gasteiger partial charge in [-0.3, -0.25) is 0 Å². The van der Waals surface area contributed by atoms with Crippen molar-refractivity contribution in [2.45, 2.75) is 53.9 Å². The molecule has 1 N–H and O–H groups in total. The molecule has 0 bridgehead atoms. The Bertz CT molecular complexity index is 348. The second-order valence-corrected chi connectivity index (χ2v) is 6.86. The van der Waals surface area contributed by atoms with Crippen LogP contribution in [-0.4, -0.2) is 13.1 Å². The molecule has 1 aromatic rings. The van der Waals surface area contributed by atoms with Gasteiger partial charge in [0.1, 0.15) is 0 Å². The smallest absolute Gasteiger partial charge is 0.000251 e. The van der Waals surface area contributed by atoms with Gasteiger partial charge in [-0.05, 0) is 48.3 Å². The predicted octanol–water partition coefficient (Wildman–Crippen LogP) is 4.45. The quantitative estimate of drug-likeness (QED) is 0.729. The number of benzene rings is 1. The highest BCUT2D eigenvalue weighted by Crippen LogP contribution is 2.22. The summed E-state index contributed by atoms with van der Waals surface area (Å²) in [6.07, 6.45) is 3.61. The Balaban J connectivity index is 2.45. The normalized spacial score (nSPS) is 12.1. The number of rotatable bonds is 8. The number of nitrogens with one attached hydrogen (secondary N) is 1. The predicted molar refractivity (Wildman–Crippen MR) is 85.6 cm³/mol.